The number of aromatic nitrogens is 1. The molecule has 208 valence electrons. The van der Waals surface area contributed by atoms with Crippen LogP contribution in [0.4, 0.5) is 0 Å². The second-order valence-electron chi connectivity index (χ2n) is 11.5. The standard InChI is InChI=1S/C34H38N2O4/c1-5-39-32(37)22-35-33(38)31-21-25-20-24(23-10-13-26(14-11-23)34(2,3)4)12-19-30(25)36(31)27-15-17-29(18-16-27)40-28-8-6-7-9-28/h10-21,28H,5-9,22H2,1-4H3,(H,35,38). The van der Waals surface area contributed by atoms with Crippen molar-refractivity contribution in [3.8, 4) is 22.6 Å². The average molecular weight is 539 g/mol. The zero-order valence-electron chi connectivity index (χ0n) is 23.8. The molecular weight excluding hydrogens is 500 g/mol. The summed E-state index contributed by atoms with van der Waals surface area (Å²) in [6.45, 7) is 8.44. The van der Waals surface area contributed by atoms with Crippen molar-refractivity contribution in [3.63, 3.8) is 0 Å². The third-order valence-corrected chi connectivity index (χ3v) is 7.52. The molecular formula is C34H38N2O4. The molecule has 5 rings (SSSR count). The number of fused-ring (bicyclic) bond motifs is 1. The number of hydrogen-bond acceptors (Lipinski definition) is 4. The Kier molecular flexibility index (Phi) is 7.97. The maximum atomic E-state index is 13.3. The van der Waals surface area contributed by atoms with Crippen molar-refractivity contribution in [2.75, 3.05) is 13.2 Å². The van der Waals surface area contributed by atoms with E-state index < -0.39 is 5.97 Å². The molecule has 3 aromatic carbocycles. The van der Waals surface area contributed by atoms with E-state index in [0.717, 1.165) is 46.3 Å². The molecule has 1 fully saturated rings. The van der Waals surface area contributed by atoms with E-state index in [9.17, 15) is 9.59 Å². The summed E-state index contributed by atoms with van der Waals surface area (Å²) in [4.78, 5) is 25.3. The van der Waals surface area contributed by atoms with E-state index in [4.69, 9.17) is 9.47 Å². The molecule has 0 bridgehead atoms. The minimum absolute atomic E-state index is 0.0865. The van der Waals surface area contributed by atoms with Gasteiger partial charge in [0, 0.05) is 11.1 Å². The minimum Gasteiger partial charge on any atom is -0.490 e. The molecule has 40 heavy (non-hydrogen) atoms. The van der Waals surface area contributed by atoms with Gasteiger partial charge in [-0.1, -0.05) is 51.1 Å². The number of carbonyl (C=O) groups excluding carboxylic acids is 2. The number of nitrogens with one attached hydrogen (secondary N) is 1. The SMILES string of the molecule is CCOC(=O)CNC(=O)c1cc2cc(-c3ccc(C(C)(C)C)cc3)ccc2n1-c1ccc(OC2CCCC2)cc1. The van der Waals surface area contributed by atoms with Gasteiger partial charge in [-0.3, -0.25) is 9.59 Å². The summed E-state index contributed by atoms with van der Waals surface area (Å²) in [5.74, 6) is 0.0287. The highest BCUT2D eigenvalue weighted by molar-refractivity contribution is 6.01. The zero-order chi connectivity index (χ0) is 28.3. The van der Waals surface area contributed by atoms with Gasteiger partial charge in [0.15, 0.2) is 0 Å². The van der Waals surface area contributed by atoms with E-state index in [2.05, 4.69) is 62.5 Å². The van der Waals surface area contributed by atoms with E-state index in [-0.39, 0.29) is 30.6 Å². The number of nitrogens with zero attached hydrogens (tertiary/aromatic N) is 1. The summed E-state index contributed by atoms with van der Waals surface area (Å²) in [6.07, 6.45) is 4.89. The van der Waals surface area contributed by atoms with Crippen LogP contribution in [0.1, 0.15) is 69.4 Å². The Bertz CT molecular complexity index is 1490. The second-order valence-corrected chi connectivity index (χ2v) is 11.5. The lowest BCUT2D eigenvalue weighted by atomic mass is 9.86. The van der Waals surface area contributed by atoms with Crippen LogP contribution in [0.5, 0.6) is 5.75 Å². The molecule has 0 saturated heterocycles. The Labute approximate surface area is 236 Å². The van der Waals surface area contributed by atoms with Gasteiger partial charge >= 0.3 is 5.97 Å². The Morgan fingerprint density at radius 2 is 1.57 bits per heavy atom. The van der Waals surface area contributed by atoms with Crippen molar-refractivity contribution in [1.82, 2.24) is 9.88 Å². The van der Waals surface area contributed by atoms with Crippen LogP contribution in [0.2, 0.25) is 0 Å². The summed E-state index contributed by atoms with van der Waals surface area (Å²) in [5.41, 5.74) is 5.75. The Morgan fingerprint density at radius 3 is 2.23 bits per heavy atom. The van der Waals surface area contributed by atoms with Gasteiger partial charge in [-0.25, -0.2) is 0 Å². The number of hydrogen-bond donors (Lipinski definition) is 1. The number of esters is 1. The van der Waals surface area contributed by atoms with Crippen LogP contribution >= 0.6 is 0 Å². The quantitative estimate of drug-likeness (QED) is 0.241. The van der Waals surface area contributed by atoms with Crippen LogP contribution in [-0.4, -0.2) is 35.7 Å². The van der Waals surface area contributed by atoms with Gasteiger partial charge < -0.3 is 19.4 Å². The lowest BCUT2D eigenvalue weighted by molar-refractivity contribution is -0.141. The fourth-order valence-electron chi connectivity index (χ4n) is 5.33. The molecule has 1 aliphatic carbocycles. The molecule has 1 amide bonds. The number of amides is 1. The molecule has 6 heteroatoms. The highest BCUT2D eigenvalue weighted by atomic mass is 16.5. The highest BCUT2D eigenvalue weighted by Crippen LogP contribution is 2.32. The van der Waals surface area contributed by atoms with Crippen LogP contribution < -0.4 is 10.1 Å². The van der Waals surface area contributed by atoms with Crippen LogP contribution in [-0.2, 0) is 14.9 Å². The molecule has 1 aromatic heterocycles. The summed E-state index contributed by atoms with van der Waals surface area (Å²) in [5, 5.41) is 3.66. The first-order valence-corrected chi connectivity index (χ1v) is 14.2. The largest absolute Gasteiger partial charge is 0.490 e. The van der Waals surface area contributed by atoms with Gasteiger partial charge in [-0.2, -0.15) is 0 Å². The highest BCUT2D eigenvalue weighted by Gasteiger charge is 2.20. The van der Waals surface area contributed by atoms with Crippen molar-refractivity contribution >= 4 is 22.8 Å². The summed E-state index contributed by atoms with van der Waals surface area (Å²) < 4.78 is 13.1. The van der Waals surface area contributed by atoms with E-state index in [0.29, 0.717) is 5.69 Å². The van der Waals surface area contributed by atoms with Crippen LogP contribution in [0.25, 0.3) is 27.7 Å². The molecule has 1 saturated carbocycles. The first-order chi connectivity index (χ1) is 19.2. The Balaban J connectivity index is 1.50. The number of carbonyl (C=O) groups is 2. The smallest absolute Gasteiger partial charge is 0.325 e. The normalized spacial score (nSPS) is 13.9. The molecule has 1 N–H and O–H groups in total. The molecule has 0 atom stereocenters. The van der Waals surface area contributed by atoms with Gasteiger partial charge in [0.05, 0.1) is 18.2 Å². The first-order valence-electron chi connectivity index (χ1n) is 14.2. The van der Waals surface area contributed by atoms with Gasteiger partial charge in [0.1, 0.15) is 18.0 Å². The zero-order valence-corrected chi connectivity index (χ0v) is 23.8. The monoisotopic (exact) mass is 538 g/mol. The summed E-state index contributed by atoms with van der Waals surface area (Å²) in [7, 11) is 0. The van der Waals surface area contributed by atoms with E-state index in [1.165, 1.54) is 18.4 Å². The van der Waals surface area contributed by atoms with E-state index >= 15 is 0 Å². The fraction of sp³-hybridized carbons (Fsp3) is 0.353. The fourth-order valence-corrected chi connectivity index (χ4v) is 5.33. The second kappa shape index (κ2) is 11.6. The maximum absolute atomic E-state index is 13.3. The summed E-state index contributed by atoms with van der Waals surface area (Å²) >= 11 is 0. The maximum Gasteiger partial charge on any atom is 0.325 e. The molecule has 1 heterocycles. The van der Waals surface area contributed by atoms with Crippen molar-refractivity contribution in [2.24, 2.45) is 0 Å². The number of ether oxygens (including phenoxy) is 2. The van der Waals surface area contributed by atoms with Gasteiger partial charge in [0.2, 0.25) is 0 Å². The van der Waals surface area contributed by atoms with E-state index in [1.54, 1.807) is 6.92 Å². The molecule has 1 aliphatic rings. The minimum atomic E-state index is -0.465. The van der Waals surface area contributed by atoms with Crippen molar-refractivity contribution in [2.45, 2.75) is 64.9 Å². The molecule has 0 unspecified atom stereocenters. The van der Waals surface area contributed by atoms with Gasteiger partial charge in [-0.05, 0) is 97.2 Å². The average Bonchev–Trinajstić information content (AvgIpc) is 3.59. The predicted octanol–water partition coefficient (Wildman–Crippen LogP) is 7.21. The lowest BCUT2D eigenvalue weighted by Crippen LogP contribution is -2.31. The molecule has 0 spiro atoms. The van der Waals surface area contributed by atoms with E-state index in [1.807, 2.05) is 41.0 Å². The Hall–Kier alpha value is -4.06. The molecule has 4 aromatic rings. The third kappa shape index (κ3) is 6.06. The topological polar surface area (TPSA) is 69.6 Å². The summed E-state index contributed by atoms with van der Waals surface area (Å²) in [6, 6.07) is 24.7. The van der Waals surface area contributed by atoms with Crippen LogP contribution in [0.15, 0.2) is 72.8 Å². The van der Waals surface area contributed by atoms with Crippen molar-refractivity contribution in [3.05, 3.63) is 84.1 Å². The molecule has 6 nitrogen and oxygen atoms in total. The van der Waals surface area contributed by atoms with Crippen LogP contribution in [0.3, 0.4) is 0 Å². The number of benzene rings is 3. The van der Waals surface area contributed by atoms with Gasteiger partial charge in [0.25, 0.3) is 5.91 Å². The molecule has 0 radical (unpaired) electrons. The third-order valence-electron chi connectivity index (χ3n) is 7.52. The van der Waals surface area contributed by atoms with Gasteiger partial charge in [-0.15, -0.1) is 0 Å². The lowest BCUT2D eigenvalue weighted by Gasteiger charge is -2.19. The molecule has 0 aliphatic heterocycles. The van der Waals surface area contributed by atoms with Crippen molar-refractivity contribution in [1.29, 1.82) is 0 Å². The number of rotatable bonds is 8. The van der Waals surface area contributed by atoms with Crippen LogP contribution in [0, 0.1) is 0 Å². The first kappa shape index (κ1) is 27.5. The predicted molar refractivity (Wildman–Crippen MR) is 159 cm³/mol. The van der Waals surface area contributed by atoms with Crippen molar-refractivity contribution < 1.29 is 19.1 Å². The Morgan fingerprint density at radius 1 is 0.900 bits per heavy atom.